The molecule has 0 aromatic carbocycles. The summed E-state index contributed by atoms with van der Waals surface area (Å²) in [4.78, 5) is 22.8. The third-order valence-corrected chi connectivity index (χ3v) is 1.50. The maximum atomic E-state index is 11.4. The Kier molecular flexibility index (Phi) is 5.86. The van der Waals surface area contributed by atoms with Gasteiger partial charge in [-0.3, -0.25) is 10.6 Å². The van der Waals surface area contributed by atoms with Crippen LogP contribution < -0.4 is 10.6 Å². The van der Waals surface area contributed by atoms with Gasteiger partial charge in [-0.2, -0.15) is 0 Å². The third kappa shape index (κ3) is 11.1. The molecule has 0 saturated heterocycles. The molecule has 0 spiro atoms. The van der Waals surface area contributed by atoms with Gasteiger partial charge in [-0.1, -0.05) is 0 Å². The maximum Gasteiger partial charge on any atom is 0.411 e. The summed E-state index contributed by atoms with van der Waals surface area (Å²) in [6.45, 7) is 12.2. The first-order valence-electron chi connectivity index (χ1n) is 6.05. The summed E-state index contributed by atoms with van der Waals surface area (Å²) in [7, 11) is 0. The van der Waals surface area contributed by atoms with Crippen molar-refractivity contribution in [3.05, 3.63) is 11.9 Å². The first kappa shape index (κ1) is 17.3. The third-order valence-electron chi connectivity index (χ3n) is 1.50. The Morgan fingerprint density at radius 3 is 1.74 bits per heavy atom. The zero-order valence-corrected chi connectivity index (χ0v) is 12.7. The fourth-order valence-electron chi connectivity index (χ4n) is 0.975. The van der Waals surface area contributed by atoms with E-state index in [9.17, 15) is 9.59 Å². The fourth-order valence-corrected chi connectivity index (χ4v) is 0.975. The summed E-state index contributed by atoms with van der Waals surface area (Å²) in [5.41, 5.74) is -0.687. The van der Waals surface area contributed by atoms with Crippen LogP contribution in [0.5, 0.6) is 0 Å². The van der Waals surface area contributed by atoms with Crippen LogP contribution in [0.25, 0.3) is 0 Å². The molecule has 0 heterocycles. The number of carbonyl (C=O) groups excluding carboxylic acids is 2. The van der Waals surface area contributed by atoms with Crippen molar-refractivity contribution < 1.29 is 19.1 Å². The molecule has 0 fully saturated rings. The van der Waals surface area contributed by atoms with E-state index in [0.29, 0.717) is 5.70 Å². The fraction of sp³-hybridized carbons (Fsp3) is 0.692. The lowest BCUT2D eigenvalue weighted by Crippen LogP contribution is -2.33. The van der Waals surface area contributed by atoms with E-state index in [4.69, 9.17) is 9.47 Å². The molecule has 0 aliphatic carbocycles. The lowest BCUT2D eigenvalue weighted by atomic mass is 10.2. The van der Waals surface area contributed by atoms with E-state index in [1.807, 2.05) is 0 Å². The van der Waals surface area contributed by atoms with Crippen molar-refractivity contribution in [1.82, 2.24) is 10.6 Å². The number of ether oxygens (including phenoxy) is 2. The van der Waals surface area contributed by atoms with Crippen molar-refractivity contribution in [2.75, 3.05) is 0 Å². The van der Waals surface area contributed by atoms with E-state index in [0.717, 1.165) is 0 Å². The zero-order chi connectivity index (χ0) is 15.3. The van der Waals surface area contributed by atoms with Gasteiger partial charge in [0.05, 0.1) is 0 Å². The smallest absolute Gasteiger partial charge is 0.411 e. The Morgan fingerprint density at radius 2 is 1.32 bits per heavy atom. The number of amides is 2. The van der Waals surface area contributed by atoms with Gasteiger partial charge in [-0.25, -0.2) is 9.59 Å². The summed E-state index contributed by atoms with van der Waals surface area (Å²) in [6, 6.07) is 0. The molecular formula is C13H24N2O4. The largest absolute Gasteiger partial charge is 0.444 e. The minimum Gasteiger partial charge on any atom is -0.444 e. The SMILES string of the molecule is C/C(=C\NC(=O)OC(C)(C)C)NC(=O)OC(C)(C)C. The topological polar surface area (TPSA) is 76.7 Å². The molecule has 0 unspecified atom stereocenters. The molecule has 0 saturated carbocycles. The van der Waals surface area contributed by atoms with Gasteiger partial charge in [0.15, 0.2) is 0 Å². The molecule has 6 nitrogen and oxygen atoms in total. The van der Waals surface area contributed by atoms with Crippen LogP contribution in [0.1, 0.15) is 48.5 Å². The van der Waals surface area contributed by atoms with Crippen molar-refractivity contribution in [3.8, 4) is 0 Å². The minimum absolute atomic E-state index is 0.445. The van der Waals surface area contributed by atoms with Crippen LogP contribution in [0.3, 0.4) is 0 Å². The molecule has 0 atom stereocenters. The zero-order valence-electron chi connectivity index (χ0n) is 12.7. The van der Waals surface area contributed by atoms with Gasteiger partial charge < -0.3 is 9.47 Å². The highest BCUT2D eigenvalue weighted by Gasteiger charge is 2.17. The lowest BCUT2D eigenvalue weighted by molar-refractivity contribution is 0.0526. The standard InChI is InChI=1S/C13H24N2O4/c1-9(15-11(17)19-13(5,6)7)8-14-10(16)18-12(2,3)4/h8H,1-7H3,(H,14,16)(H,15,17)/b9-8+. The van der Waals surface area contributed by atoms with Crippen molar-refractivity contribution in [2.45, 2.75) is 59.7 Å². The first-order chi connectivity index (χ1) is 8.39. The van der Waals surface area contributed by atoms with E-state index < -0.39 is 23.4 Å². The van der Waals surface area contributed by atoms with Crippen LogP contribution >= 0.6 is 0 Å². The van der Waals surface area contributed by atoms with Gasteiger partial charge in [-0.05, 0) is 48.5 Å². The lowest BCUT2D eigenvalue weighted by Gasteiger charge is -2.20. The molecule has 6 heteroatoms. The second kappa shape index (κ2) is 6.45. The molecule has 0 aliphatic rings. The summed E-state index contributed by atoms with van der Waals surface area (Å²) >= 11 is 0. The van der Waals surface area contributed by atoms with E-state index in [2.05, 4.69) is 10.6 Å². The molecular weight excluding hydrogens is 248 g/mol. The number of rotatable bonds is 2. The molecule has 0 bridgehead atoms. The number of alkyl carbamates (subject to hydrolysis) is 2. The predicted octanol–water partition coefficient (Wildman–Crippen LogP) is 2.90. The van der Waals surface area contributed by atoms with E-state index in [1.54, 1.807) is 48.5 Å². The van der Waals surface area contributed by atoms with Crippen molar-refractivity contribution >= 4 is 12.2 Å². The van der Waals surface area contributed by atoms with Crippen molar-refractivity contribution in [1.29, 1.82) is 0 Å². The van der Waals surface area contributed by atoms with Crippen molar-refractivity contribution in [3.63, 3.8) is 0 Å². The Hall–Kier alpha value is -1.72. The molecule has 0 aromatic rings. The summed E-state index contributed by atoms with van der Waals surface area (Å²) < 4.78 is 10.1. The van der Waals surface area contributed by atoms with Gasteiger partial charge in [0.1, 0.15) is 11.2 Å². The second-order valence-electron chi connectivity index (χ2n) is 6.10. The molecule has 0 rings (SSSR count). The minimum atomic E-state index is -0.585. The Bertz CT molecular complexity index is 362. The number of hydrogen-bond acceptors (Lipinski definition) is 4. The summed E-state index contributed by atoms with van der Waals surface area (Å²) in [5.74, 6) is 0. The van der Waals surface area contributed by atoms with Crippen LogP contribution in [0.4, 0.5) is 9.59 Å². The Balaban J connectivity index is 4.22. The highest BCUT2D eigenvalue weighted by atomic mass is 16.6. The molecule has 0 aliphatic heterocycles. The van der Waals surface area contributed by atoms with Gasteiger partial charge in [-0.15, -0.1) is 0 Å². The number of carbonyl (C=O) groups is 2. The first-order valence-corrected chi connectivity index (χ1v) is 6.05. The molecule has 2 amide bonds. The average Bonchev–Trinajstić information content (AvgIpc) is 2.08. The van der Waals surface area contributed by atoms with Crippen LogP contribution in [-0.2, 0) is 9.47 Å². The van der Waals surface area contributed by atoms with Crippen LogP contribution in [0.15, 0.2) is 11.9 Å². The number of nitrogens with one attached hydrogen (secondary N) is 2. The van der Waals surface area contributed by atoms with Gasteiger partial charge >= 0.3 is 12.2 Å². The number of hydrogen-bond donors (Lipinski definition) is 2. The van der Waals surface area contributed by atoms with E-state index in [1.165, 1.54) is 6.20 Å². The van der Waals surface area contributed by atoms with Gasteiger partial charge in [0.2, 0.25) is 0 Å². The summed E-state index contributed by atoms with van der Waals surface area (Å²) in [6.07, 6.45) is 0.183. The highest BCUT2D eigenvalue weighted by molar-refractivity contribution is 5.71. The molecule has 19 heavy (non-hydrogen) atoms. The van der Waals surface area contributed by atoms with Crippen molar-refractivity contribution in [2.24, 2.45) is 0 Å². The van der Waals surface area contributed by atoms with E-state index >= 15 is 0 Å². The monoisotopic (exact) mass is 272 g/mol. The quantitative estimate of drug-likeness (QED) is 0.810. The molecule has 110 valence electrons. The maximum absolute atomic E-state index is 11.4. The second-order valence-corrected chi connectivity index (χ2v) is 6.10. The van der Waals surface area contributed by atoms with E-state index in [-0.39, 0.29) is 0 Å². The molecule has 2 N–H and O–H groups in total. The molecule has 0 aromatic heterocycles. The normalized spacial score (nSPS) is 12.7. The van der Waals surface area contributed by atoms with Gasteiger partial charge in [0, 0.05) is 11.9 Å². The van der Waals surface area contributed by atoms with Crippen LogP contribution in [-0.4, -0.2) is 23.4 Å². The summed E-state index contributed by atoms with van der Waals surface area (Å²) in [5, 5.41) is 4.90. The Morgan fingerprint density at radius 1 is 0.895 bits per heavy atom. The van der Waals surface area contributed by atoms with Crippen LogP contribution in [0, 0.1) is 0 Å². The highest BCUT2D eigenvalue weighted by Crippen LogP contribution is 2.07. The number of allylic oxidation sites excluding steroid dienone is 1. The van der Waals surface area contributed by atoms with Crippen LogP contribution in [0.2, 0.25) is 0 Å². The molecule has 0 radical (unpaired) electrons. The predicted molar refractivity (Wildman–Crippen MR) is 72.5 cm³/mol. The average molecular weight is 272 g/mol. The van der Waals surface area contributed by atoms with Gasteiger partial charge in [0.25, 0.3) is 0 Å². The Labute approximate surface area is 114 Å².